The van der Waals surface area contributed by atoms with Crippen molar-refractivity contribution in [3.05, 3.63) is 57.4 Å². The molecule has 1 N–H and O–H groups in total. The molecule has 20 heavy (non-hydrogen) atoms. The highest BCUT2D eigenvalue weighted by molar-refractivity contribution is 5.64. The zero-order valence-electron chi connectivity index (χ0n) is 12.0. The standard InChI is InChI=1S/C15H19N3O2/c1-4-17-6-5-13(10-17)9-16-14-7-11(2)12(3)8-15(14)18(19)20/h5-8,10,16H,4,9H2,1-3H3. The van der Waals surface area contributed by atoms with Crippen LogP contribution in [0.3, 0.4) is 0 Å². The fourth-order valence-electron chi connectivity index (χ4n) is 2.08. The lowest BCUT2D eigenvalue weighted by Crippen LogP contribution is -2.03. The molecule has 0 aliphatic rings. The summed E-state index contributed by atoms with van der Waals surface area (Å²) < 4.78 is 2.08. The van der Waals surface area contributed by atoms with Gasteiger partial charge < -0.3 is 9.88 Å². The lowest BCUT2D eigenvalue weighted by Gasteiger charge is -2.09. The van der Waals surface area contributed by atoms with E-state index in [9.17, 15) is 10.1 Å². The van der Waals surface area contributed by atoms with Crippen molar-refractivity contribution in [1.82, 2.24) is 4.57 Å². The predicted molar refractivity (Wildman–Crippen MR) is 80.0 cm³/mol. The van der Waals surface area contributed by atoms with Gasteiger partial charge in [0.2, 0.25) is 0 Å². The van der Waals surface area contributed by atoms with Crippen LogP contribution in [-0.2, 0) is 13.1 Å². The molecular weight excluding hydrogens is 254 g/mol. The molecule has 0 aliphatic carbocycles. The van der Waals surface area contributed by atoms with Crippen LogP contribution in [0.4, 0.5) is 11.4 Å². The van der Waals surface area contributed by atoms with Crippen LogP contribution >= 0.6 is 0 Å². The quantitative estimate of drug-likeness (QED) is 0.668. The van der Waals surface area contributed by atoms with Crippen molar-refractivity contribution in [3.8, 4) is 0 Å². The molecule has 1 heterocycles. The van der Waals surface area contributed by atoms with E-state index in [1.54, 1.807) is 6.07 Å². The van der Waals surface area contributed by atoms with E-state index in [0.717, 1.165) is 23.2 Å². The number of aromatic nitrogens is 1. The highest BCUT2D eigenvalue weighted by atomic mass is 16.6. The average molecular weight is 273 g/mol. The van der Waals surface area contributed by atoms with Crippen LogP contribution in [0.25, 0.3) is 0 Å². The summed E-state index contributed by atoms with van der Waals surface area (Å²) in [5.41, 5.74) is 3.79. The highest BCUT2D eigenvalue weighted by Crippen LogP contribution is 2.28. The van der Waals surface area contributed by atoms with Crippen LogP contribution in [0.1, 0.15) is 23.6 Å². The average Bonchev–Trinajstić information content (AvgIpc) is 2.87. The van der Waals surface area contributed by atoms with E-state index < -0.39 is 0 Å². The van der Waals surface area contributed by atoms with Crippen LogP contribution in [0, 0.1) is 24.0 Å². The second-order valence-corrected chi connectivity index (χ2v) is 4.91. The Bertz CT molecular complexity index is 632. The molecule has 0 radical (unpaired) electrons. The van der Waals surface area contributed by atoms with Gasteiger partial charge in [-0.25, -0.2) is 0 Å². The van der Waals surface area contributed by atoms with Crippen molar-refractivity contribution in [2.24, 2.45) is 0 Å². The summed E-state index contributed by atoms with van der Waals surface area (Å²) >= 11 is 0. The molecule has 0 saturated carbocycles. The molecule has 5 nitrogen and oxygen atoms in total. The second-order valence-electron chi connectivity index (χ2n) is 4.91. The van der Waals surface area contributed by atoms with Gasteiger partial charge in [-0.15, -0.1) is 0 Å². The van der Waals surface area contributed by atoms with Crippen LogP contribution in [0.15, 0.2) is 30.6 Å². The Balaban J connectivity index is 2.20. The first-order valence-electron chi connectivity index (χ1n) is 6.65. The van der Waals surface area contributed by atoms with Gasteiger partial charge in [0.15, 0.2) is 0 Å². The van der Waals surface area contributed by atoms with Crippen molar-refractivity contribution in [3.63, 3.8) is 0 Å². The maximum absolute atomic E-state index is 11.1. The first-order chi connectivity index (χ1) is 9.51. The summed E-state index contributed by atoms with van der Waals surface area (Å²) in [6.07, 6.45) is 4.05. The van der Waals surface area contributed by atoms with Crippen molar-refractivity contribution in [1.29, 1.82) is 0 Å². The van der Waals surface area contributed by atoms with Crippen molar-refractivity contribution in [2.45, 2.75) is 33.9 Å². The molecule has 0 amide bonds. The summed E-state index contributed by atoms with van der Waals surface area (Å²) in [6, 6.07) is 5.47. The zero-order valence-corrected chi connectivity index (χ0v) is 12.0. The van der Waals surface area contributed by atoms with Gasteiger partial charge in [0.05, 0.1) is 4.92 Å². The molecule has 5 heteroatoms. The Morgan fingerprint density at radius 1 is 1.30 bits per heavy atom. The molecule has 0 fully saturated rings. The van der Waals surface area contributed by atoms with E-state index in [4.69, 9.17) is 0 Å². The van der Waals surface area contributed by atoms with Crippen LogP contribution in [0.5, 0.6) is 0 Å². The molecule has 0 saturated heterocycles. The van der Waals surface area contributed by atoms with E-state index in [2.05, 4.69) is 16.8 Å². The third-order valence-electron chi connectivity index (χ3n) is 3.47. The Morgan fingerprint density at radius 2 is 2.00 bits per heavy atom. The minimum Gasteiger partial charge on any atom is -0.375 e. The maximum atomic E-state index is 11.1. The van der Waals surface area contributed by atoms with E-state index in [-0.39, 0.29) is 10.6 Å². The number of benzene rings is 1. The van der Waals surface area contributed by atoms with E-state index >= 15 is 0 Å². The Hall–Kier alpha value is -2.30. The predicted octanol–water partition coefficient (Wildman–Crippen LogP) is 3.65. The largest absolute Gasteiger partial charge is 0.375 e. The molecule has 0 atom stereocenters. The van der Waals surface area contributed by atoms with Gasteiger partial charge in [-0.2, -0.15) is 0 Å². The zero-order chi connectivity index (χ0) is 14.7. The number of nitrogens with zero attached hydrogens (tertiary/aromatic N) is 2. The number of hydrogen-bond donors (Lipinski definition) is 1. The Morgan fingerprint density at radius 3 is 2.60 bits per heavy atom. The van der Waals surface area contributed by atoms with Gasteiger partial charge in [0.25, 0.3) is 5.69 Å². The molecule has 2 aromatic rings. The molecule has 1 aromatic heterocycles. The minimum absolute atomic E-state index is 0.128. The molecule has 0 aliphatic heterocycles. The van der Waals surface area contributed by atoms with Crippen LogP contribution < -0.4 is 5.32 Å². The maximum Gasteiger partial charge on any atom is 0.292 e. The lowest BCUT2D eigenvalue weighted by molar-refractivity contribution is -0.384. The lowest BCUT2D eigenvalue weighted by atomic mass is 10.1. The normalized spacial score (nSPS) is 10.6. The summed E-state index contributed by atoms with van der Waals surface area (Å²) in [7, 11) is 0. The molecule has 0 unspecified atom stereocenters. The summed E-state index contributed by atoms with van der Waals surface area (Å²) in [6.45, 7) is 7.41. The van der Waals surface area contributed by atoms with Gasteiger partial charge >= 0.3 is 0 Å². The number of nitro benzene ring substituents is 1. The summed E-state index contributed by atoms with van der Waals surface area (Å²) in [5, 5.41) is 14.3. The van der Waals surface area contributed by atoms with Crippen LogP contribution in [0.2, 0.25) is 0 Å². The van der Waals surface area contributed by atoms with Gasteiger partial charge in [-0.1, -0.05) is 0 Å². The number of nitro groups is 1. The third kappa shape index (κ3) is 2.99. The topological polar surface area (TPSA) is 60.1 Å². The molecule has 0 bridgehead atoms. The molecule has 2 rings (SSSR count). The first kappa shape index (κ1) is 14.1. The number of hydrogen-bond acceptors (Lipinski definition) is 3. The Labute approximate surface area is 118 Å². The van der Waals surface area contributed by atoms with E-state index in [0.29, 0.717) is 12.2 Å². The number of aryl methyl sites for hydroxylation is 3. The fourth-order valence-corrected chi connectivity index (χ4v) is 2.08. The minimum atomic E-state index is -0.341. The SMILES string of the molecule is CCn1ccc(CNc2cc(C)c(C)cc2[N+](=O)[O-])c1. The highest BCUT2D eigenvalue weighted by Gasteiger charge is 2.15. The molecule has 0 spiro atoms. The van der Waals surface area contributed by atoms with Crippen LogP contribution in [-0.4, -0.2) is 9.49 Å². The molecule has 1 aromatic carbocycles. The third-order valence-corrected chi connectivity index (χ3v) is 3.47. The summed E-state index contributed by atoms with van der Waals surface area (Å²) in [5.74, 6) is 0. The molecular formula is C15H19N3O2. The van der Waals surface area contributed by atoms with E-state index in [1.165, 1.54) is 0 Å². The van der Waals surface area contributed by atoms with Gasteiger partial charge in [0.1, 0.15) is 5.69 Å². The Kier molecular flexibility index (Phi) is 4.08. The number of anilines is 1. The van der Waals surface area contributed by atoms with Gasteiger partial charge in [0, 0.05) is 31.5 Å². The van der Waals surface area contributed by atoms with Crippen molar-refractivity contribution < 1.29 is 4.92 Å². The molecule has 106 valence electrons. The van der Waals surface area contributed by atoms with Crippen molar-refractivity contribution >= 4 is 11.4 Å². The summed E-state index contributed by atoms with van der Waals surface area (Å²) in [4.78, 5) is 10.8. The smallest absolute Gasteiger partial charge is 0.292 e. The van der Waals surface area contributed by atoms with Gasteiger partial charge in [-0.05, 0) is 49.6 Å². The monoisotopic (exact) mass is 273 g/mol. The number of nitrogens with one attached hydrogen (secondary N) is 1. The van der Waals surface area contributed by atoms with E-state index in [1.807, 2.05) is 38.4 Å². The number of rotatable bonds is 5. The first-order valence-corrected chi connectivity index (χ1v) is 6.65. The van der Waals surface area contributed by atoms with Crippen molar-refractivity contribution in [2.75, 3.05) is 5.32 Å². The second kappa shape index (κ2) is 5.77. The van der Waals surface area contributed by atoms with Gasteiger partial charge in [-0.3, -0.25) is 10.1 Å². The fraction of sp³-hybridized carbons (Fsp3) is 0.333.